The molecular weight excluding hydrogens is 176 g/mol. The van der Waals surface area contributed by atoms with E-state index in [4.69, 9.17) is 9.47 Å². The average Bonchev–Trinajstić information content (AvgIpc) is 2.06. The highest BCUT2D eigenvalue weighted by molar-refractivity contribution is 7.80. The van der Waals surface area contributed by atoms with Crippen LogP contribution in [0.25, 0.3) is 0 Å². The molecule has 1 rings (SSSR count). The van der Waals surface area contributed by atoms with Crippen LogP contribution in [0.1, 0.15) is 19.3 Å². The first-order valence-corrected chi connectivity index (χ1v) is 4.84. The zero-order valence-corrected chi connectivity index (χ0v) is 7.89. The van der Waals surface area contributed by atoms with Gasteiger partial charge in [0.1, 0.15) is 6.10 Å². The molecule has 0 radical (unpaired) electrons. The maximum absolute atomic E-state index is 11.0. The molecule has 1 saturated heterocycles. The van der Waals surface area contributed by atoms with E-state index in [0.717, 1.165) is 12.8 Å². The fraction of sp³-hybridized carbons (Fsp3) is 0.875. The van der Waals surface area contributed by atoms with Crippen LogP contribution < -0.4 is 0 Å². The second-order valence-corrected chi connectivity index (χ2v) is 3.22. The zero-order chi connectivity index (χ0) is 8.81. The van der Waals surface area contributed by atoms with Gasteiger partial charge >= 0.3 is 5.97 Å². The van der Waals surface area contributed by atoms with Crippen molar-refractivity contribution < 1.29 is 14.3 Å². The Bertz CT molecular complexity index is 143. The zero-order valence-electron chi connectivity index (χ0n) is 6.99. The molecule has 0 unspecified atom stereocenters. The van der Waals surface area contributed by atoms with Gasteiger partial charge in [-0.1, -0.05) is 0 Å². The summed E-state index contributed by atoms with van der Waals surface area (Å²) in [5.74, 6) is 0.416. The fourth-order valence-electron chi connectivity index (χ4n) is 1.13. The molecule has 0 aromatic carbocycles. The molecule has 1 aliphatic rings. The predicted octanol–water partition coefficient (Wildman–Crippen LogP) is 1.03. The van der Waals surface area contributed by atoms with E-state index in [1.165, 1.54) is 0 Å². The van der Waals surface area contributed by atoms with Crippen LogP contribution in [0, 0.1) is 0 Å². The summed E-state index contributed by atoms with van der Waals surface area (Å²) >= 11 is 3.95. The van der Waals surface area contributed by atoms with Crippen LogP contribution in [0.5, 0.6) is 0 Å². The molecule has 0 aromatic heterocycles. The highest BCUT2D eigenvalue weighted by Gasteiger charge is 2.17. The van der Waals surface area contributed by atoms with Crippen molar-refractivity contribution >= 4 is 18.6 Å². The summed E-state index contributed by atoms with van der Waals surface area (Å²) in [5, 5.41) is 0. The highest BCUT2D eigenvalue weighted by atomic mass is 32.1. The first-order chi connectivity index (χ1) is 5.83. The standard InChI is InChI=1S/C8H14O3S/c9-8(3-6-12)11-7-1-4-10-5-2-7/h7,12H,1-6H2. The third kappa shape index (κ3) is 3.45. The number of hydrogen-bond acceptors (Lipinski definition) is 4. The summed E-state index contributed by atoms with van der Waals surface area (Å²) in [4.78, 5) is 11.0. The van der Waals surface area contributed by atoms with E-state index < -0.39 is 0 Å². The van der Waals surface area contributed by atoms with Gasteiger partial charge in [0, 0.05) is 18.6 Å². The van der Waals surface area contributed by atoms with Crippen molar-refractivity contribution in [2.45, 2.75) is 25.4 Å². The Morgan fingerprint density at radius 3 is 2.75 bits per heavy atom. The van der Waals surface area contributed by atoms with E-state index in [2.05, 4.69) is 12.6 Å². The molecule has 0 N–H and O–H groups in total. The molecule has 0 saturated carbocycles. The molecule has 0 amide bonds. The molecule has 0 atom stereocenters. The van der Waals surface area contributed by atoms with E-state index in [-0.39, 0.29) is 12.1 Å². The summed E-state index contributed by atoms with van der Waals surface area (Å²) in [6.45, 7) is 1.41. The van der Waals surface area contributed by atoms with Gasteiger partial charge in [-0.3, -0.25) is 4.79 Å². The minimum absolute atomic E-state index is 0.0751. The molecule has 0 aliphatic carbocycles. The van der Waals surface area contributed by atoms with Crippen molar-refractivity contribution in [3.63, 3.8) is 0 Å². The lowest BCUT2D eigenvalue weighted by atomic mass is 10.1. The number of rotatable bonds is 3. The molecule has 1 heterocycles. The number of thiol groups is 1. The minimum Gasteiger partial charge on any atom is -0.462 e. The summed E-state index contributed by atoms with van der Waals surface area (Å²) in [6, 6.07) is 0. The second-order valence-electron chi connectivity index (χ2n) is 2.78. The molecule has 3 nitrogen and oxygen atoms in total. The van der Waals surface area contributed by atoms with Gasteiger partial charge in [-0.2, -0.15) is 12.6 Å². The van der Waals surface area contributed by atoms with Crippen LogP contribution in [0.4, 0.5) is 0 Å². The van der Waals surface area contributed by atoms with Gasteiger partial charge in [0.25, 0.3) is 0 Å². The molecule has 4 heteroatoms. The summed E-state index contributed by atoms with van der Waals surface area (Å²) in [6.07, 6.45) is 2.14. The molecule has 12 heavy (non-hydrogen) atoms. The topological polar surface area (TPSA) is 35.5 Å². The lowest BCUT2D eigenvalue weighted by Gasteiger charge is -2.21. The third-order valence-corrected chi connectivity index (χ3v) is 2.01. The highest BCUT2D eigenvalue weighted by Crippen LogP contribution is 2.11. The fourth-order valence-corrected chi connectivity index (χ4v) is 1.31. The minimum atomic E-state index is -0.142. The van der Waals surface area contributed by atoms with E-state index in [9.17, 15) is 4.79 Å². The normalized spacial score (nSPS) is 19.1. The molecule has 1 aliphatic heterocycles. The first-order valence-electron chi connectivity index (χ1n) is 4.21. The third-order valence-electron chi connectivity index (χ3n) is 1.78. The predicted molar refractivity (Wildman–Crippen MR) is 48.4 cm³/mol. The van der Waals surface area contributed by atoms with E-state index in [0.29, 0.717) is 25.4 Å². The average molecular weight is 190 g/mol. The quantitative estimate of drug-likeness (QED) is 0.533. The van der Waals surface area contributed by atoms with E-state index in [1.807, 2.05) is 0 Å². The van der Waals surface area contributed by atoms with Gasteiger partial charge in [0.05, 0.1) is 19.6 Å². The molecular formula is C8H14O3S. The molecule has 0 aromatic rings. The number of esters is 1. The van der Waals surface area contributed by atoms with Gasteiger partial charge in [-0.05, 0) is 0 Å². The van der Waals surface area contributed by atoms with Gasteiger partial charge < -0.3 is 9.47 Å². The monoisotopic (exact) mass is 190 g/mol. The van der Waals surface area contributed by atoms with Crippen molar-refractivity contribution in [1.82, 2.24) is 0 Å². The molecule has 0 spiro atoms. The summed E-state index contributed by atoms with van der Waals surface area (Å²) in [7, 11) is 0. The Morgan fingerprint density at radius 1 is 1.50 bits per heavy atom. The Labute approximate surface area is 77.8 Å². The van der Waals surface area contributed by atoms with Crippen LogP contribution in [-0.4, -0.2) is 31.0 Å². The van der Waals surface area contributed by atoms with Crippen LogP contribution in [0.3, 0.4) is 0 Å². The number of carbonyl (C=O) groups is 1. The van der Waals surface area contributed by atoms with E-state index in [1.54, 1.807) is 0 Å². The maximum Gasteiger partial charge on any atom is 0.306 e. The summed E-state index contributed by atoms with van der Waals surface area (Å²) in [5.41, 5.74) is 0. The smallest absolute Gasteiger partial charge is 0.306 e. The molecule has 1 fully saturated rings. The lowest BCUT2D eigenvalue weighted by Crippen LogP contribution is -2.26. The van der Waals surface area contributed by atoms with Gasteiger partial charge in [0.2, 0.25) is 0 Å². The van der Waals surface area contributed by atoms with Crippen molar-refractivity contribution in [1.29, 1.82) is 0 Å². The van der Waals surface area contributed by atoms with Gasteiger partial charge in [-0.25, -0.2) is 0 Å². The first kappa shape index (κ1) is 9.86. The Balaban J connectivity index is 2.15. The van der Waals surface area contributed by atoms with Crippen LogP contribution >= 0.6 is 12.6 Å². The number of ether oxygens (including phenoxy) is 2. The Morgan fingerprint density at radius 2 is 2.17 bits per heavy atom. The number of carbonyl (C=O) groups excluding carboxylic acids is 1. The summed E-state index contributed by atoms with van der Waals surface area (Å²) < 4.78 is 10.3. The largest absolute Gasteiger partial charge is 0.462 e. The Hall–Kier alpha value is -0.220. The van der Waals surface area contributed by atoms with Crippen molar-refractivity contribution in [2.24, 2.45) is 0 Å². The van der Waals surface area contributed by atoms with Crippen molar-refractivity contribution in [3.8, 4) is 0 Å². The Kier molecular flexibility index (Phi) is 4.46. The molecule has 70 valence electrons. The van der Waals surface area contributed by atoms with Crippen LogP contribution in [-0.2, 0) is 14.3 Å². The second kappa shape index (κ2) is 5.43. The van der Waals surface area contributed by atoms with Gasteiger partial charge in [0.15, 0.2) is 0 Å². The lowest BCUT2D eigenvalue weighted by molar-refractivity contribution is -0.152. The number of hydrogen-bond donors (Lipinski definition) is 1. The molecule has 0 bridgehead atoms. The van der Waals surface area contributed by atoms with Crippen LogP contribution in [0.2, 0.25) is 0 Å². The van der Waals surface area contributed by atoms with Gasteiger partial charge in [-0.15, -0.1) is 0 Å². The van der Waals surface area contributed by atoms with Crippen LogP contribution in [0.15, 0.2) is 0 Å². The van der Waals surface area contributed by atoms with Crippen molar-refractivity contribution in [2.75, 3.05) is 19.0 Å². The van der Waals surface area contributed by atoms with E-state index >= 15 is 0 Å². The SMILES string of the molecule is O=C(CCS)OC1CCOCC1. The maximum atomic E-state index is 11.0. The van der Waals surface area contributed by atoms with Crippen molar-refractivity contribution in [3.05, 3.63) is 0 Å².